The van der Waals surface area contributed by atoms with Crippen molar-refractivity contribution in [1.29, 1.82) is 0 Å². The molecule has 0 fully saturated rings. The molecule has 18 heavy (non-hydrogen) atoms. The largest absolute Gasteiger partial charge is 0.385 e. The van der Waals surface area contributed by atoms with Gasteiger partial charge in [0, 0.05) is 17.8 Å². The van der Waals surface area contributed by atoms with Gasteiger partial charge in [-0.05, 0) is 47.7 Å². The van der Waals surface area contributed by atoms with Crippen LogP contribution in [0.3, 0.4) is 0 Å². The number of fused-ring (bicyclic) bond motifs is 1. The van der Waals surface area contributed by atoms with E-state index in [-0.39, 0.29) is 0 Å². The molecule has 0 amide bonds. The highest BCUT2D eigenvalue weighted by Gasteiger charge is 2.09. The summed E-state index contributed by atoms with van der Waals surface area (Å²) in [5, 5.41) is 3.41. The van der Waals surface area contributed by atoms with Crippen LogP contribution in [-0.2, 0) is 6.42 Å². The van der Waals surface area contributed by atoms with Crippen LogP contribution in [0.5, 0.6) is 0 Å². The molecule has 0 saturated heterocycles. The second-order valence-corrected chi connectivity index (χ2v) is 4.65. The van der Waals surface area contributed by atoms with Crippen LogP contribution in [0.4, 0.5) is 5.69 Å². The molecule has 2 aromatic carbocycles. The summed E-state index contributed by atoms with van der Waals surface area (Å²) in [7, 11) is 0. The molecule has 3 rings (SSSR count). The van der Waals surface area contributed by atoms with E-state index in [1.54, 1.807) is 0 Å². The summed E-state index contributed by atoms with van der Waals surface area (Å²) in [5.41, 5.74) is 5.63. The van der Waals surface area contributed by atoms with Crippen molar-refractivity contribution in [2.45, 2.75) is 12.8 Å². The molecule has 2 nitrogen and oxygen atoms in total. The molecule has 0 spiro atoms. The average molecular weight is 237 g/mol. The Kier molecular flexibility index (Phi) is 2.85. The van der Waals surface area contributed by atoms with Crippen LogP contribution < -0.4 is 5.32 Å². The SMILES string of the molecule is O=Cc1cccc(-c2ccc3c(c2)CCCN3)c1. The molecule has 0 unspecified atom stereocenters. The second kappa shape index (κ2) is 4.65. The van der Waals surface area contributed by atoms with Gasteiger partial charge >= 0.3 is 0 Å². The quantitative estimate of drug-likeness (QED) is 0.810. The molecule has 90 valence electrons. The molecule has 1 N–H and O–H groups in total. The van der Waals surface area contributed by atoms with E-state index < -0.39 is 0 Å². The number of carbonyl (C=O) groups is 1. The molecule has 1 aliphatic heterocycles. The monoisotopic (exact) mass is 237 g/mol. The highest BCUT2D eigenvalue weighted by Crippen LogP contribution is 2.28. The predicted octanol–water partition coefficient (Wildman–Crippen LogP) is 3.52. The Morgan fingerprint density at radius 2 is 1.94 bits per heavy atom. The molecule has 2 heteroatoms. The molecular formula is C16H15NO. The standard InChI is InChI=1S/C16H15NO/c18-11-12-3-1-4-13(9-12)14-6-7-16-15(10-14)5-2-8-17-16/h1,3-4,6-7,9-11,17H,2,5,8H2. The van der Waals surface area contributed by atoms with E-state index in [1.807, 2.05) is 24.3 Å². The first-order chi connectivity index (χ1) is 8.86. The van der Waals surface area contributed by atoms with Gasteiger partial charge in [0.15, 0.2) is 0 Å². The molecular weight excluding hydrogens is 222 g/mol. The van der Waals surface area contributed by atoms with E-state index >= 15 is 0 Å². The maximum absolute atomic E-state index is 10.8. The zero-order valence-electron chi connectivity index (χ0n) is 10.1. The number of aldehydes is 1. The summed E-state index contributed by atoms with van der Waals surface area (Å²) in [5.74, 6) is 0. The number of aryl methyl sites for hydroxylation is 1. The predicted molar refractivity (Wildman–Crippen MR) is 74.1 cm³/mol. The van der Waals surface area contributed by atoms with Gasteiger partial charge in [-0.15, -0.1) is 0 Å². The Bertz CT molecular complexity index is 589. The van der Waals surface area contributed by atoms with E-state index in [0.717, 1.165) is 30.4 Å². The molecule has 0 radical (unpaired) electrons. The molecule has 2 aromatic rings. The van der Waals surface area contributed by atoms with Gasteiger partial charge in [0.1, 0.15) is 6.29 Å². The lowest BCUT2D eigenvalue weighted by Crippen LogP contribution is -2.11. The minimum atomic E-state index is 0.725. The smallest absolute Gasteiger partial charge is 0.150 e. The van der Waals surface area contributed by atoms with Gasteiger partial charge in [-0.3, -0.25) is 4.79 Å². The molecule has 0 bridgehead atoms. The molecule has 0 aliphatic carbocycles. The van der Waals surface area contributed by atoms with Crippen LogP contribution in [0.2, 0.25) is 0 Å². The Morgan fingerprint density at radius 3 is 2.83 bits per heavy atom. The summed E-state index contributed by atoms with van der Waals surface area (Å²) < 4.78 is 0. The lowest BCUT2D eigenvalue weighted by atomic mass is 9.96. The van der Waals surface area contributed by atoms with Crippen molar-refractivity contribution in [3.8, 4) is 11.1 Å². The van der Waals surface area contributed by atoms with E-state index in [0.29, 0.717) is 0 Å². The Hall–Kier alpha value is -2.09. The zero-order valence-corrected chi connectivity index (χ0v) is 10.1. The fourth-order valence-corrected chi connectivity index (χ4v) is 2.45. The van der Waals surface area contributed by atoms with Crippen molar-refractivity contribution in [1.82, 2.24) is 0 Å². The summed E-state index contributed by atoms with van der Waals surface area (Å²) in [6.07, 6.45) is 3.21. The Balaban J connectivity index is 2.03. The summed E-state index contributed by atoms with van der Waals surface area (Å²) in [6.45, 7) is 1.06. The summed E-state index contributed by atoms with van der Waals surface area (Å²) in [6, 6.07) is 14.2. The van der Waals surface area contributed by atoms with Crippen molar-refractivity contribution in [3.63, 3.8) is 0 Å². The van der Waals surface area contributed by atoms with Crippen molar-refractivity contribution in [2.24, 2.45) is 0 Å². The summed E-state index contributed by atoms with van der Waals surface area (Å²) >= 11 is 0. The van der Waals surface area contributed by atoms with E-state index in [9.17, 15) is 4.79 Å². The van der Waals surface area contributed by atoms with Gasteiger partial charge in [-0.25, -0.2) is 0 Å². The molecule has 0 aromatic heterocycles. The first-order valence-corrected chi connectivity index (χ1v) is 6.29. The van der Waals surface area contributed by atoms with Gasteiger partial charge in [-0.1, -0.05) is 24.3 Å². The van der Waals surface area contributed by atoms with Crippen LogP contribution >= 0.6 is 0 Å². The first kappa shape index (κ1) is 11.0. The van der Waals surface area contributed by atoms with Crippen LogP contribution in [0, 0.1) is 0 Å². The average Bonchev–Trinajstić information content (AvgIpc) is 2.47. The van der Waals surface area contributed by atoms with E-state index in [2.05, 4.69) is 23.5 Å². The van der Waals surface area contributed by atoms with Gasteiger partial charge < -0.3 is 5.32 Å². The third-order valence-electron chi connectivity index (χ3n) is 3.40. The summed E-state index contributed by atoms with van der Waals surface area (Å²) in [4.78, 5) is 10.8. The van der Waals surface area contributed by atoms with Crippen molar-refractivity contribution >= 4 is 12.0 Å². The van der Waals surface area contributed by atoms with Crippen LogP contribution in [-0.4, -0.2) is 12.8 Å². The zero-order chi connectivity index (χ0) is 12.4. The fourth-order valence-electron chi connectivity index (χ4n) is 2.45. The van der Waals surface area contributed by atoms with Crippen LogP contribution in [0.15, 0.2) is 42.5 Å². The van der Waals surface area contributed by atoms with Crippen molar-refractivity contribution < 1.29 is 4.79 Å². The number of benzene rings is 2. The first-order valence-electron chi connectivity index (χ1n) is 6.29. The highest BCUT2D eigenvalue weighted by atomic mass is 16.1. The van der Waals surface area contributed by atoms with Gasteiger partial charge in [0.05, 0.1) is 0 Å². The number of nitrogens with one attached hydrogen (secondary N) is 1. The third-order valence-corrected chi connectivity index (χ3v) is 3.40. The lowest BCUT2D eigenvalue weighted by Gasteiger charge is -2.18. The maximum Gasteiger partial charge on any atom is 0.150 e. The van der Waals surface area contributed by atoms with Crippen molar-refractivity contribution in [2.75, 3.05) is 11.9 Å². The van der Waals surface area contributed by atoms with Crippen LogP contribution in [0.1, 0.15) is 22.3 Å². The molecule has 0 atom stereocenters. The Morgan fingerprint density at radius 1 is 1.06 bits per heavy atom. The van der Waals surface area contributed by atoms with Crippen molar-refractivity contribution in [3.05, 3.63) is 53.6 Å². The topological polar surface area (TPSA) is 29.1 Å². The normalized spacial score (nSPS) is 13.6. The van der Waals surface area contributed by atoms with Gasteiger partial charge in [0.25, 0.3) is 0 Å². The maximum atomic E-state index is 10.8. The fraction of sp³-hybridized carbons (Fsp3) is 0.188. The van der Waals surface area contributed by atoms with E-state index in [4.69, 9.17) is 0 Å². The molecule has 0 saturated carbocycles. The van der Waals surface area contributed by atoms with E-state index in [1.165, 1.54) is 23.2 Å². The number of hydrogen-bond acceptors (Lipinski definition) is 2. The number of rotatable bonds is 2. The van der Waals surface area contributed by atoms with Crippen LogP contribution in [0.25, 0.3) is 11.1 Å². The minimum Gasteiger partial charge on any atom is -0.385 e. The minimum absolute atomic E-state index is 0.725. The number of carbonyl (C=O) groups excluding carboxylic acids is 1. The van der Waals surface area contributed by atoms with Gasteiger partial charge in [-0.2, -0.15) is 0 Å². The Labute approximate surface area is 107 Å². The highest BCUT2D eigenvalue weighted by molar-refractivity contribution is 5.79. The lowest BCUT2D eigenvalue weighted by molar-refractivity contribution is 0.112. The number of hydrogen-bond donors (Lipinski definition) is 1. The second-order valence-electron chi connectivity index (χ2n) is 4.65. The molecule has 1 aliphatic rings. The third kappa shape index (κ3) is 2.02. The molecule has 1 heterocycles. The van der Waals surface area contributed by atoms with Gasteiger partial charge in [0.2, 0.25) is 0 Å². The number of anilines is 1.